The number of amides is 1. The second kappa shape index (κ2) is 24.0. The fraction of sp³-hybridized carbons (Fsp3) is 0.903. The molecule has 0 unspecified atom stereocenters. The van der Waals surface area contributed by atoms with Gasteiger partial charge in [0.2, 0.25) is 5.91 Å². The zero-order valence-corrected chi connectivity index (χ0v) is 25.4. The highest BCUT2D eigenvalue weighted by Gasteiger charge is 2.31. The second-order valence-corrected chi connectivity index (χ2v) is 11.1. The molecule has 1 rings (SSSR count). The van der Waals surface area contributed by atoms with Crippen molar-refractivity contribution < 1.29 is 26.3 Å². The molecule has 0 aromatic heterocycles. The van der Waals surface area contributed by atoms with E-state index in [-0.39, 0.29) is 17.0 Å². The summed E-state index contributed by atoms with van der Waals surface area (Å²) in [5, 5.41) is 0. The van der Waals surface area contributed by atoms with Crippen molar-refractivity contribution in [1.82, 2.24) is 4.90 Å². The lowest BCUT2D eigenvalue weighted by molar-refractivity contribution is -0.924. The number of carbonyl (C=O) groups is 1. The number of carbonyl (C=O) groups excluding carboxylic acids is 1. The number of hydrogen-bond donors (Lipinski definition) is 0. The van der Waals surface area contributed by atoms with Gasteiger partial charge in [0.15, 0.2) is 0 Å². The van der Waals surface area contributed by atoms with Gasteiger partial charge in [0.25, 0.3) is 0 Å². The summed E-state index contributed by atoms with van der Waals surface area (Å²) in [5.74, 6) is 0.388. The van der Waals surface area contributed by atoms with E-state index in [2.05, 4.69) is 25.3 Å². The van der Waals surface area contributed by atoms with Crippen molar-refractivity contribution in [2.75, 3.05) is 39.3 Å². The zero-order chi connectivity index (χ0) is 24.7. The Labute approximate surface area is 230 Å². The number of hydrogen-bond acceptors (Lipinski definition) is 1. The second-order valence-electron chi connectivity index (χ2n) is 11.1. The fourth-order valence-corrected chi connectivity index (χ4v) is 5.55. The van der Waals surface area contributed by atoms with Crippen LogP contribution in [0.2, 0.25) is 0 Å². The summed E-state index contributed by atoms with van der Waals surface area (Å²) in [6.45, 7) is 14.7. The maximum absolute atomic E-state index is 12.5. The van der Waals surface area contributed by atoms with Crippen LogP contribution in [0.5, 0.6) is 0 Å². The van der Waals surface area contributed by atoms with E-state index in [1.54, 1.807) is 0 Å². The van der Waals surface area contributed by atoms with Gasteiger partial charge in [-0.3, -0.25) is 4.79 Å². The standard InChI is InChI=1S/C31H61N2O.BrH/c1-4-7-8-9-10-11-12-13-14-15-16-17-18-19-20-21-22-23-24-25-31(34)32-26-29-33(6-3,28-5-2)30-27-32;/h5H,2,4,6-30H2,1,3H3;1H/q+1;/p-1. The lowest BCUT2D eigenvalue weighted by atomic mass is 10.0. The largest absolute Gasteiger partial charge is 1.00 e. The molecule has 4 heteroatoms. The van der Waals surface area contributed by atoms with E-state index in [1.807, 2.05) is 6.08 Å². The van der Waals surface area contributed by atoms with E-state index in [1.165, 1.54) is 116 Å². The molecule has 1 heterocycles. The molecule has 0 radical (unpaired) electrons. The molecule has 3 nitrogen and oxygen atoms in total. The Balaban J connectivity index is 0.0000116. The zero-order valence-electron chi connectivity index (χ0n) is 23.8. The van der Waals surface area contributed by atoms with E-state index in [9.17, 15) is 4.79 Å². The van der Waals surface area contributed by atoms with Gasteiger partial charge in [0, 0.05) is 6.42 Å². The van der Waals surface area contributed by atoms with Crippen molar-refractivity contribution in [3.8, 4) is 0 Å². The first-order chi connectivity index (χ1) is 16.7. The van der Waals surface area contributed by atoms with Crippen molar-refractivity contribution in [2.24, 2.45) is 0 Å². The van der Waals surface area contributed by atoms with Crippen LogP contribution in [0.15, 0.2) is 12.7 Å². The molecule has 0 bridgehead atoms. The smallest absolute Gasteiger partial charge is 0.222 e. The monoisotopic (exact) mass is 556 g/mol. The molecule has 0 saturated carbocycles. The van der Waals surface area contributed by atoms with Crippen molar-refractivity contribution in [2.45, 2.75) is 142 Å². The molecular formula is C31H61BrN2O. The normalized spacial score (nSPS) is 15.1. The summed E-state index contributed by atoms with van der Waals surface area (Å²) < 4.78 is 1.10. The van der Waals surface area contributed by atoms with Crippen molar-refractivity contribution in [1.29, 1.82) is 0 Å². The first kappa shape index (κ1) is 34.6. The minimum atomic E-state index is 0. The van der Waals surface area contributed by atoms with Crippen LogP contribution in [-0.2, 0) is 4.79 Å². The predicted molar refractivity (Wildman–Crippen MR) is 150 cm³/mol. The molecule has 0 N–H and O–H groups in total. The first-order valence-electron chi connectivity index (χ1n) is 15.4. The van der Waals surface area contributed by atoms with Crippen LogP contribution in [0.3, 0.4) is 0 Å². The number of piperazine rings is 1. The summed E-state index contributed by atoms with van der Waals surface area (Å²) in [5.41, 5.74) is 0. The van der Waals surface area contributed by atoms with Crippen LogP contribution >= 0.6 is 0 Å². The Morgan fingerprint density at radius 3 is 1.40 bits per heavy atom. The molecule has 1 fully saturated rings. The molecule has 0 aromatic carbocycles. The van der Waals surface area contributed by atoms with E-state index in [4.69, 9.17) is 0 Å². The number of likely N-dealkylation sites (N-methyl/N-ethyl adjacent to an activating group) is 1. The molecule has 208 valence electrons. The Kier molecular flexibility index (Phi) is 23.8. The summed E-state index contributed by atoms with van der Waals surface area (Å²) in [6.07, 6.45) is 29.3. The van der Waals surface area contributed by atoms with Crippen molar-refractivity contribution in [3.05, 3.63) is 12.7 Å². The van der Waals surface area contributed by atoms with Crippen molar-refractivity contribution >= 4 is 5.91 Å². The third kappa shape index (κ3) is 17.7. The van der Waals surface area contributed by atoms with E-state index < -0.39 is 0 Å². The predicted octanol–water partition coefficient (Wildman–Crippen LogP) is 5.68. The number of halogens is 1. The highest BCUT2D eigenvalue weighted by atomic mass is 79.9. The maximum Gasteiger partial charge on any atom is 0.222 e. The Morgan fingerprint density at radius 2 is 1.06 bits per heavy atom. The van der Waals surface area contributed by atoms with Crippen LogP contribution < -0.4 is 17.0 Å². The van der Waals surface area contributed by atoms with Gasteiger partial charge >= 0.3 is 0 Å². The van der Waals surface area contributed by atoms with Gasteiger partial charge in [-0.15, -0.1) is 0 Å². The van der Waals surface area contributed by atoms with Gasteiger partial charge in [0.05, 0.1) is 39.3 Å². The Bertz CT molecular complexity index is 488. The lowest BCUT2D eigenvalue weighted by Gasteiger charge is -2.43. The first-order valence-corrected chi connectivity index (χ1v) is 15.4. The average Bonchev–Trinajstić information content (AvgIpc) is 2.86. The van der Waals surface area contributed by atoms with Gasteiger partial charge < -0.3 is 26.4 Å². The van der Waals surface area contributed by atoms with Crippen LogP contribution in [-0.4, -0.2) is 54.6 Å². The van der Waals surface area contributed by atoms with Crippen LogP contribution in [0.1, 0.15) is 142 Å². The van der Waals surface area contributed by atoms with Gasteiger partial charge in [-0.1, -0.05) is 129 Å². The topological polar surface area (TPSA) is 20.3 Å². The Morgan fingerprint density at radius 1 is 0.686 bits per heavy atom. The molecule has 0 atom stereocenters. The summed E-state index contributed by atoms with van der Waals surface area (Å²) in [4.78, 5) is 14.7. The van der Waals surface area contributed by atoms with Gasteiger partial charge in [-0.25, -0.2) is 0 Å². The molecule has 1 aliphatic rings. The summed E-state index contributed by atoms with van der Waals surface area (Å²) >= 11 is 0. The van der Waals surface area contributed by atoms with Gasteiger partial charge in [-0.2, -0.15) is 0 Å². The maximum atomic E-state index is 12.5. The minimum Gasteiger partial charge on any atom is -1.00 e. The third-order valence-corrected chi connectivity index (χ3v) is 8.22. The number of quaternary nitrogens is 1. The average molecular weight is 558 g/mol. The highest BCUT2D eigenvalue weighted by Crippen LogP contribution is 2.17. The Hall–Kier alpha value is -0.350. The van der Waals surface area contributed by atoms with Gasteiger partial charge in [-0.05, 0) is 19.4 Å². The molecular weight excluding hydrogens is 496 g/mol. The number of unbranched alkanes of at least 4 members (excludes halogenated alkanes) is 18. The molecule has 0 aliphatic carbocycles. The quantitative estimate of drug-likeness (QED) is 0.0900. The molecule has 0 spiro atoms. The minimum absolute atomic E-state index is 0. The third-order valence-electron chi connectivity index (χ3n) is 8.22. The van der Waals surface area contributed by atoms with Crippen LogP contribution in [0, 0.1) is 0 Å². The number of rotatable bonds is 23. The molecule has 0 aromatic rings. The van der Waals surface area contributed by atoms with E-state index in [0.717, 1.165) is 56.6 Å². The van der Waals surface area contributed by atoms with E-state index >= 15 is 0 Å². The molecule has 35 heavy (non-hydrogen) atoms. The molecule has 1 amide bonds. The van der Waals surface area contributed by atoms with Crippen LogP contribution in [0.25, 0.3) is 0 Å². The van der Waals surface area contributed by atoms with Crippen LogP contribution in [0.4, 0.5) is 0 Å². The van der Waals surface area contributed by atoms with Gasteiger partial charge in [0.1, 0.15) is 0 Å². The van der Waals surface area contributed by atoms with E-state index in [0.29, 0.717) is 5.91 Å². The number of nitrogens with zero attached hydrogens (tertiary/aromatic N) is 2. The lowest BCUT2D eigenvalue weighted by Crippen LogP contribution is -3.00. The van der Waals surface area contributed by atoms with Crippen molar-refractivity contribution in [3.63, 3.8) is 0 Å². The summed E-state index contributed by atoms with van der Waals surface area (Å²) in [7, 11) is 0. The molecule has 1 saturated heterocycles. The highest BCUT2D eigenvalue weighted by molar-refractivity contribution is 5.76. The molecule has 1 aliphatic heterocycles. The SMILES string of the molecule is C=CC[N+]1(CC)CCN(C(=O)CCCCCCCCCCCCCCCCCCCCC)CC1.[Br-]. The summed E-state index contributed by atoms with van der Waals surface area (Å²) in [6, 6.07) is 0. The fourth-order valence-electron chi connectivity index (χ4n) is 5.55.